The number of fused-ring (bicyclic) bond motifs is 1. The highest BCUT2D eigenvalue weighted by molar-refractivity contribution is 7.88. The van der Waals surface area contributed by atoms with Crippen molar-refractivity contribution >= 4 is 27.0 Å². The van der Waals surface area contributed by atoms with Gasteiger partial charge in [0.1, 0.15) is 0 Å². The second-order valence-electron chi connectivity index (χ2n) is 3.85. The Balaban J connectivity index is 2.64. The van der Waals surface area contributed by atoms with Crippen LogP contribution in [0.25, 0.3) is 10.9 Å². The Hall–Kier alpha value is -2.23. The second kappa shape index (κ2) is 4.95. The van der Waals surface area contributed by atoms with Crippen molar-refractivity contribution in [3.63, 3.8) is 0 Å². The Labute approximate surface area is 116 Å². The van der Waals surface area contributed by atoms with E-state index in [1.807, 2.05) is 0 Å². The van der Waals surface area contributed by atoms with Crippen LogP contribution in [0, 0.1) is 0 Å². The van der Waals surface area contributed by atoms with Crippen molar-refractivity contribution in [3.8, 4) is 5.75 Å². The Morgan fingerprint density at radius 2 is 1.86 bits per heavy atom. The minimum Gasteiger partial charge on any atom is -0.464 e. The maximum atomic E-state index is 12.4. The fourth-order valence-electron chi connectivity index (χ4n) is 1.61. The molecular weight excluding hydrogens is 315 g/mol. The van der Waals surface area contributed by atoms with Crippen LogP contribution in [0.15, 0.2) is 24.3 Å². The van der Waals surface area contributed by atoms with Crippen LogP contribution in [-0.4, -0.2) is 32.0 Å². The molecular formula is C11H8F3NO5S. The zero-order valence-corrected chi connectivity index (χ0v) is 11.2. The van der Waals surface area contributed by atoms with Gasteiger partial charge >= 0.3 is 21.6 Å². The van der Waals surface area contributed by atoms with Crippen LogP contribution < -0.4 is 4.18 Å². The number of esters is 1. The van der Waals surface area contributed by atoms with Gasteiger partial charge in [-0.05, 0) is 12.1 Å². The second-order valence-corrected chi connectivity index (χ2v) is 5.39. The number of hydrogen-bond acceptors (Lipinski definition) is 5. The molecule has 2 rings (SSSR count). The van der Waals surface area contributed by atoms with Gasteiger partial charge in [-0.2, -0.15) is 21.6 Å². The normalized spacial score (nSPS) is 12.4. The molecule has 0 bridgehead atoms. The number of carbonyl (C=O) groups excluding carboxylic acids is 1. The van der Waals surface area contributed by atoms with E-state index in [4.69, 9.17) is 0 Å². The van der Waals surface area contributed by atoms with Crippen molar-refractivity contribution in [2.24, 2.45) is 0 Å². The van der Waals surface area contributed by atoms with Gasteiger partial charge in [-0.15, -0.1) is 0 Å². The summed E-state index contributed by atoms with van der Waals surface area (Å²) in [4.78, 5) is 14.0. The first-order valence-electron chi connectivity index (χ1n) is 5.37. The van der Waals surface area contributed by atoms with Gasteiger partial charge in [0.05, 0.1) is 7.11 Å². The van der Waals surface area contributed by atoms with Crippen LogP contribution in [0.3, 0.4) is 0 Å². The molecule has 0 saturated carbocycles. The van der Waals surface area contributed by atoms with Crippen LogP contribution in [0.4, 0.5) is 13.2 Å². The van der Waals surface area contributed by atoms with E-state index in [0.717, 1.165) is 7.11 Å². The number of aromatic amines is 1. The third kappa shape index (κ3) is 2.66. The maximum absolute atomic E-state index is 12.4. The average molecular weight is 323 g/mol. The maximum Gasteiger partial charge on any atom is 0.534 e. The van der Waals surface area contributed by atoms with Crippen molar-refractivity contribution < 1.29 is 35.3 Å². The first-order chi connectivity index (χ1) is 9.67. The molecule has 0 aliphatic rings. The third-order valence-corrected chi connectivity index (χ3v) is 3.48. The van der Waals surface area contributed by atoms with E-state index in [9.17, 15) is 26.4 Å². The summed E-state index contributed by atoms with van der Waals surface area (Å²) in [5, 5.41) is 0.00530. The predicted octanol–water partition coefficient (Wildman–Crippen LogP) is 2.18. The van der Waals surface area contributed by atoms with Gasteiger partial charge in [-0.25, -0.2) is 4.79 Å². The molecule has 114 valence electrons. The number of nitrogens with one attached hydrogen (secondary N) is 1. The highest BCUT2D eigenvalue weighted by atomic mass is 32.2. The first kappa shape index (κ1) is 15.2. The SMILES string of the molecule is COC(=O)c1[nH]c2ccccc2c1OS(=O)(=O)C(F)(F)F. The Bertz CT molecular complexity index is 794. The molecule has 1 aromatic carbocycles. The lowest BCUT2D eigenvalue weighted by atomic mass is 10.2. The molecule has 1 aromatic heterocycles. The van der Waals surface area contributed by atoms with Crippen LogP contribution in [0.5, 0.6) is 5.75 Å². The van der Waals surface area contributed by atoms with E-state index in [1.165, 1.54) is 18.2 Å². The van der Waals surface area contributed by atoms with Crippen molar-refractivity contribution in [1.82, 2.24) is 4.98 Å². The van der Waals surface area contributed by atoms with Crippen molar-refractivity contribution in [2.75, 3.05) is 7.11 Å². The molecule has 0 aliphatic heterocycles. The fourth-order valence-corrected chi connectivity index (χ4v) is 2.09. The quantitative estimate of drug-likeness (QED) is 0.531. The number of hydrogen-bond donors (Lipinski definition) is 1. The van der Waals surface area contributed by atoms with E-state index in [1.54, 1.807) is 6.07 Å². The zero-order valence-electron chi connectivity index (χ0n) is 10.4. The average Bonchev–Trinajstić information content (AvgIpc) is 2.75. The minimum atomic E-state index is -5.90. The highest BCUT2D eigenvalue weighted by Crippen LogP contribution is 2.35. The van der Waals surface area contributed by atoms with Crippen molar-refractivity contribution in [1.29, 1.82) is 0 Å². The van der Waals surface area contributed by atoms with E-state index in [2.05, 4.69) is 13.9 Å². The monoisotopic (exact) mass is 323 g/mol. The number of aromatic nitrogens is 1. The predicted molar refractivity (Wildman–Crippen MR) is 65.2 cm³/mol. The molecule has 0 unspecified atom stereocenters. The molecule has 0 radical (unpaired) electrons. The summed E-state index contributed by atoms with van der Waals surface area (Å²) >= 11 is 0. The Morgan fingerprint density at radius 3 is 2.43 bits per heavy atom. The summed E-state index contributed by atoms with van der Waals surface area (Å²) < 4.78 is 67.9. The molecule has 2 aromatic rings. The lowest BCUT2D eigenvalue weighted by molar-refractivity contribution is -0.0500. The first-order valence-corrected chi connectivity index (χ1v) is 6.78. The molecule has 10 heteroatoms. The van der Waals surface area contributed by atoms with Gasteiger partial charge in [-0.1, -0.05) is 12.1 Å². The smallest absolute Gasteiger partial charge is 0.464 e. The number of H-pyrrole nitrogens is 1. The van der Waals surface area contributed by atoms with Gasteiger partial charge < -0.3 is 13.9 Å². The summed E-state index contributed by atoms with van der Waals surface area (Å²) in [6.45, 7) is 0. The van der Waals surface area contributed by atoms with Crippen LogP contribution in [0.1, 0.15) is 10.5 Å². The lowest BCUT2D eigenvalue weighted by Crippen LogP contribution is -2.28. The minimum absolute atomic E-state index is 0.00530. The van der Waals surface area contributed by atoms with E-state index >= 15 is 0 Å². The van der Waals surface area contributed by atoms with Crippen LogP contribution in [0.2, 0.25) is 0 Å². The molecule has 0 spiro atoms. The van der Waals surface area contributed by atoms with Gasteiger partial charge in [0.25, 0.3) is 0 Å². The summed E-state index contributed by atoms with van der Waals surface area (Å²) in [6, 6.07) is 5.74. The van der Waals surface area contributed by atoms with E-state index in [-0.39, 0.29) is 10.9 Å². The summed E-state index contributed by atoms with van der Waals surface area (Å²) in [6.07, 6.45) is 0. The van der Waals surface area contributed by atoms with Crippen molar-refractivity contribution in [3.05, 3.63) is 30.0 Å². The molecule has 1 N–H and O–H groups in total. The number of benzene rings is 1. The summed E-state index contributed by atoms with van der Waals surface area (Å²) in [5.74, 6) is -1.81. The fraction of sp³-hybridized carbons (Fsp3) is 0.182. The number of carbonyl (C=O) groups is 1. The van der Waals surface area contributed by atoms with Crippen LogP contribution >= 0.6 is 0 Å². The standard InChI is InChI=1S/C11H8F3NO5S/c1-19-10(16)8-9(20-21(17,18)11(12,13)14)6-4-2-3-5-7(6)15-8/h2-5,15H,1H3. The Kier molecular flexibility index (Phi) is 3.58. The number of methoxy groups -OCH3 is 1. The zero-order chi connectivity index (χ0) is 15.8. The molecule has 1 heterocycles. The summed E-state index contributed by atoms with van der Waals surface area (Å²) in [7, 11) is -4.91. The number of para-hydroxylation sites is 1. The van der Waals surface area contributed by atoms with Gasteiger partial charge in [0.15, 0.2) is 11.4 Å². The molecule has 0 saturated heterocycles. The van der Waals surface area contributed by atoms with Gasteiger partial charge in [-0.3, -0.25) is 0 Å². The molecule has 0 amide bonds. The van der Waals surface area contributed by atoms with Crippen LogP contribution in [-0.2, 0) is 14.9 Å². The number of halogens is 3. The van der Waals surface area contributed by atoms with Gasteiger partial charge in [0, 0.05) is 10.9 Å². The number of alkyl halides is 3. The van der Waals surface area contributed by atoms with E-state index in [0.29, 0.717) is 0 Å². The van der Waals surface area contributed by atoms with Gasteiger partial charge in [0.2, 0.25) is 0 Å². The number of ether oxygens (including phenoxy) is 1. The Morgan fingerprint density at radius 1 is 1.24 bits per heavy atom. The largest absolute Gasteiger partial charge is 0.534 e. The molecule has 6 nitrogen and oxygen atoms in total. The molecule has 21 heavy (non-hydrogen) atoms. The highest BCUT2D eigenvalue weighted by Gasteiger charge is 2.49. The van der Waals surface area contributed by atoms with E-state index < -0.39 is 33.0 Å². The molecule has 0 aliphatic carbocycles. The topological polar surface area (TPSA) is 85.5 Å². The molecule has 0 atom stereocenters. The molecule has 0 fully saturated rings. The lowest BCUT2D eigenvalue weighted by Gasteiger charge is -2.09. The number of rotatable bonds is 3. The van der Waals surface area contributed by atoms with Crippen molar-refractivity contribution in [2.45, 2.75) is 5.51 Å². The third-order valence-electron chi connectivity index (χ3n) is 2.52. The summed E-state index contributed by atoms with van der Waals surface area (Å²) in [5.41, 5.74) is -5.91.